The van der Waals surface area contributed by atoms with Crippen molar-refractivity contribution in [3.8, 4) is 0 Å². The normalized spacial score (nSPS) is 12.8. The summed E-state index contributed by atoms with van der Waals surface area (Å²) in [5.41, 5.74) is 0.626. The number of carbonyl (C=O) groups is 1. The van der Waals surface area contributed by atoms with Gasteiger partial charge < -0.3 is 5.11 Å². The van der Waals surface area contributed by atoms with E-state index in [4.69, 9.17) is 11.6 Å². The minimum atomic E-state index is -1.07. The van der Waals surface area contributed by atoms with E-state index in [-0.39, 0.29) is 11.1 Å². The van der Waals surface area contributed by atoms with Crippen LogP contribution in [0.4, 0.5) is 0 Å². The van der Waals surface area contributed by atoms with Gasteiger partial charge in [0.05, 0.1) is 0 Å². The Hall–Kier alpha value is -1.36. The molecular weight excluding hydrogens is 256 g/mol. The molecule has 0 unspecified atom stereocenters. The second-order valence-electron chi connectivity index (χ2n) is 4.77. The average molecular weight is 273 g/mol. The van der Waals surface area contributed by atoms with Crippen LogP contribution >= 0.6 is 11.6 Å². The van der Waals surface area contributed by atoms with Gasteiger partial charge in [-0.15, -0.1) is 0 Å². The van der Waals surface area contributed by atoms with Crippen LogP contribution in [0.5, 0.6) is 0 Å². The molecule has 0 aliphatic heterocycles. The van der Waals surface area contributed by atoms with Gasteiger partial charge in [0.15, 0.2) is 11.2 Å². The third kappa shape index (κ3) is 2.90. The van der Waals surface area contributed by atoms with Crippen molar-refractivity contribution in [3.63, 3.8) is 0 Å². The van der Waals surface area contributed by atoms with E-state index in [2.05, 4.69) is 5.10 Å². The van der Waals surface area contributed by atoms with Gasteiger partial charge in [-0.2, -0.15) is 5.10 Å². The first-order valence-corrected chi connectivity index (χ1v) is 6.11. The monoisotopic (exact) mass is 272 g/mol. The van der Waals surface area contributed by atoms with Crippen molar-refractivity contribution in [2.24, 2.45) is 5.92 Å². The topological polar surface area (TPSA) is 72.2 Å². The van der Waals surface area contributed by atoms with Crippen LogP contribution in [-0.4, -0.2) is 20.9 Å². The molecule has 6 heteroatoms. The number of hydrogen-bond donors (Lipinski definition) is 1. The number of aromatic nitrogens is 2. The Morgan fingerprint density at radius 1 is 1.39 bits per heavy atom. The van der Waals surface area contributed by atoms with Crippen LogP contribution in [0.1, 0.15) is 37.4 Å². The fourth-order valence-electron chi connectivity index (χ4n) is 1.66. The van der Waals surface area contributed by atoms with Crippen molar-refractivity contribution in [1.82, 2.24) is 9.78 Å². The van der Waals surface area contributed by atoms with Crippen LogP contribution < -0.4 is 5.56 Å². The second kappa shape index (κ2) is 5.52. The number of carboxylic acids is 1. The summed E-state index contributed by atoms with van der Waals surface area (Å²) in [5.74, 6) is -0.933. The van der Waals surface area contributed by atoms with Gasteiger partial charge in [-0.05, 0) is 31.7 Å². The van der Waals surface area contributed by atoms with Crippen LogP contribution in [0, 0.1) is 19.8 Å². The smallest absolute Gasteiger partial charge is 0.328 e. The summed E-state index contributed by atoms with van der Waals surface area (Å²) in [6, 6.07) is -0.978. The largest absolute Gasteiger partial charge is 0.480 e. The molecule has 0 radical (unpaired) electrons. The molecule has 1 heterocycles. The third-order valence-corrected chi connectivity index (χ3v) is 3.23. The van der Waals surface area contributed by atoms with E-state index in [9.17, 15) is 14.7 Å². The standard InChI is InChI=1S/C12H17ClN2O3/c1-6(2)5-9(12(17)18)15-11(16)8(4)7(3)10(13)14-15/h6,9H,5H2,1-4H3,(H,17,18)/t9-/m0/s1. The van der Waals surface area contributed by atoms with E-state index in [1.54, 1.807) is 13.8 Å². The number of halogens is 1. The van der Waals surface area contributed by atoms with Gasteiger partial charge in [0, 0.05) is 5.56 Å². The number of carboxylic acid groups (broad SMARTS) is 1. The zero-order valence-electron chi connectivity index (χ0n) is 10.9. The number of aliphatic carboxylic acids is 1. The second-order valence-corrected chi connectivity index (χ2v) is 5.13. The Morgan fingerprint density at radius 3 is 2.39 bits per heavy atom. The predicted molar refractivity (Wildman–Crippen MR) is 69.1 cm³/mol. The molecule has 100 valence electrons. The van der Waals surface area contributed by atoms with Crippen LogP contribution in [0.3, 0.4) is 0 Å². The molecule has 0 saturated carbocycles. The molecule has 0 bridgehead atoms. The van der Waals surface area contributed by atoms with Crippen molar-refractivity contribution in [2.45, 2.75) is 40.2 Å². The van der Waals surface area contributed by atoms with Gasteiger partial charge in [-0.1, -0.05) is 25.4 Å². The molecule has 18 heavy (non-hydrogen) atoms. The maximum Gasteiger partial charge on any atom is 0.328 e. The van der Waals surface area contributed by atoms with Gasteiger partial charge >= 0.3 is 5.97 Å². The quantitative estimate of drug-likeness (QED) is 0.912. The van der Waals surface area contributed by atoms with E-state index in [0.717, 1.165) is 4.68 Å². The highest BCUT2D eigenvalue weighted by Gasteiger charge is 2.25. The molecule has 0 aliphatic rings. The lowest BCUT2D eigenvalue weighted by atomic mass is 10.0. The first-order chi connectivity index (χ1) is 8.25. The average Bonchev–Trinajstić information content (AvgIpc) is 2.28. The number of nitrogens with zero attached hydrogens (tertiary/aromatic N) is 2. The molecule has 0 aliphatic carbocycles. The number of rotatable bonds is 4. The molecular formula is C12H17ClN2O3. The molecule has 0 fully saturated rings. The highest BCUT2D eigenvalue weighted by molar-refractivity contribution is 6.30. The van der Waals surface area contributed by atoms with Gasteiger partial charge in [0.25, 0.3) is 5.56 Å². The van der Waals surface area contributed by atoms with Crippen LogP contribution in [0.2, 0.25) is 5.15 Å². The molecule has 1 aromatic rings. The fraction of sp³-hybridized carbons (Fsp3) is 0.583. The van der Waals surface area contributed by atoms with Crippen LogP contribution in [0.25, 0.3) is 0 Å². The minimum absolute atomic E-state index is 0.139. The molecule has 1 N–H and O–H groups in total. The van der Waals surface area contributed by atoms with E-state index in [1.807, 2.05) is 13.8 Å². The Morgan fingerprint density at radius 2 is 1.94 bits per heavy atom. The SMILES string of the molecule is Cc1c(Cl)nn([C@@H](CC(C)C)C(=O)O)c(=O)c1C. The highest BCUT2D eigenvalue weighted by atomic mass is 35.5. The zero-order valence-corrected chi connectivity index (χ0v) is 11.7. The number of hydrogen-bond acceptors (Lipinski definition) is 3. The molecule has 1 rings (SSSR count). The van der Waals surface area contributed by atoms with E-state index >= 15 is 0 Å². The summed E-state index contributed by atoms with van der Waals surface area (Å²) in [4.78, 5) is 23.3. The summed E-state index contributed by atoms with van der Waals surface area (Å²) in [7, 11) is 0. The Bertz CT molecular complexity index is 523. The van der Waals surface area contributed by atoms with Gasteiger partial charge in [0.1, 0.15) is 0 Å². The summed E-state index contributed by atoms with van der Waals surface area (Å²) in [6.45, 7) is 7.10. The van der Waals surface area contributed by atoms with Gasteiger partial charge in [-0.3, -0.25) is 4.79 Å². The predicted octanol–water partition coefficient (Wildman–Crippen LogP) is 2.19. The molecule has 0 spiro atoms. The summed E-state index contributed by atoms with van der Waals surface area (Å²) >= 11 is 5.91. The van der Waals surface area contributed by atoms with Crippen molar-refractivity contribution in [3.05, 3.63) is 26.6 Å². The van der Waals surface area contributed by atoms with Crippen molar-refractivity contribution >= 4 is 17.6 Å². The highest BCUT2D eigenvalue weighted by Crippen LogP contribution is 2.18. The third-order valence-electron chi connectivity index (χ3n) is 2.87. The van der Waals surface area contributed by atoms with E-state index < -0.39 is 17.6 Å². The van der Waals surface area contributed by atoms with Crippen molar-refractivity contribution in [1.29, 1.82) is 0 Å². The maximum absolute atomic E-state index is 12.0. The Balaban J connectivity index is 3.38. The lowest BCUT2D eigenvalue weighted by molar-refractivity contribution is -0.141. The molecule has 1 aromatic heterocycles. The zero-order chi connectivity index (χ0) is 14.0. The Kier molecular flexibility index (Phi) is 4.51. The first kappa shape index (κ1) is 14.7. The van der Waals surface area contributed by atoms with Gasteiger partial charge in [0.2, 0.25) is 0 Å². The first-order valence-electron chi connectivity index (χ1n) is 5.74. The summed E-state index contributed by atoms with van der Waals surface area (Å²) in [5, 5.41) is 13.3. The molecule has 0 amide bonds. The summed E-state index contributed by atoms with van der Waals surface area (Å²) < 4.78 is 0.979. The van der Waals surface area contributed by atoms with Crippen molar-refractivity contribution in [2.75, 3.05) is 0 Å². The molecule has 0 aromatic carbocycles. The van der Waals surface area contributed by atoms with Crippen molar-refractivity contribution < 1.29 is 9.90 Å². The van der Waals surface area contributed by atoms with E-state index in [1.165, 1.54) is 0 Å². The molecule has 0 saturated heterocycles. The molecule has 5 nitrogen and oxygen atoms in total. The minimum Gasteiger partial charge on any atom is -0.480 e. The fourth-order valence-corrected chi connectivity index (χ4v) is 1.89. The van der Waals surface area contributed by atoms with Crippen LogP contribution in [0.15, 0.2) is 4.79 Å². The van der Waals surface area contributed by atoms with Crippen LogP contribution in [-0.2, 0) is 4.79 Å². The Labute approximate surface area is 110 Å². The van der Waals surface area contributed by atoms with Gasteiger partial charge in [-0.25, -0.2) is 9.48 Å². The lowest BCUT2D eigenvalue weighted by Gasteiger charge is -2.17. The van der Waals surface area contributed by atoms with E-state index in [0.29, 0.717) is 17.5 Å². The maximum atomic E-state index is 12.0. The lowest BCUT2D eigenvalue weighted by Crippen LogP contribution is -2.34. The molecule has 1 atom stereocenters. The summed E-state index contributed by atoms with van der Waals surface area (Å²) in [6.07, 6.45) is 0.334.